The summed E-state index contributed by atoms with van der Waals surface area (Å²) in [4.78, 5) is 22.6. The van der Waals surface area contributed by atoms with Crippen molar-refractivity contribution >= 4 is 52.4 Å². The van der Waals surface area contributed by atoms with Gasteiger partial charge in [0.1, 0.15) is 5.71 Å². The average Bonchev–Trinajstić information content (AvgIpc) is 2.99. The summed E-state index contributed by atoms with van der Waals surface area (Å²) in [5.74, 6) is -0.0928. The highest BCUT2D eigenvalue weighted by atomic mass is 35.5. The van der Waals surface area contributed by atoms with Crippen LogP contribution in [0, 0.1) is 0 Å². The van der Waals surface area contributed by atoms with E-state index in [1.54, 1.807) is 35.4 Å². The van der Waals surface area contributed by atoms with Crippen LogP contribution in [-0.4, -0.2) is 30.9 Å². The Morgan fingerprint density at radius 3 is 2.55 bits per heavy atom. The minimum atomic E-state index is -0.0928. The molecule has 3 rings (SSSR count). The Kier molecular flexibility index (Phi) is 8.84. The van der Waals surface area contributed by atoms with Crippen molar-refractivity contribution in [3.05, 3.63) is 82.9 Å². The van der Waals surface area contributed by atoms with E-state index in [1.165, 1.54) is 0 Å². The Balaban J connectivity index is 0.000000321. The molecule has 0 aliphatic carbocycles. The van der Waals surface area contributed by atoms with Crippen molar-refractivity contribution in [2.45, 2.75) is 13.8 Å². The maximum atomic E-state index is 12.5. The second kappa shape index (κ2) is 11.3. The molecule has 29 heavy (non-hydrogen) atoms. The summed E-state index contributed by atoms with van der Waals surface area (Å²) in [6.45, 7) is 8.78. The fourth-order valence-electron chi connectivity index (χ4n) is 2.67. The molecule has 0 fully saturated rings. The van der Waals surface area contributed by atoms with E-state index in [1.807, 2.05) is 50.3 Å². The van der Waals surface area contributed by atoms with Gasteiger partial charge in [0, 0.05) is 18.3 Å². The van der Waals surface area contributed by atoms with Crippen LogP contribution in [0.4, 0.5) is 11.4 Å². The fourth-order valence-corrected chi connectivity index (χ4v) is 2.96. The monoisotopic (exact) mass is 427 g/mol. The molecule has 4 nitrogen and oxygen atoms in total. The number of allylic oxidation sites excluding steroid dienone is 2. The van der Waals surface area contributed by atoms with Gasteiger partial charge in [0.2, 0.25) is 0 Å². The highest BCUT2D eigenvalue weighted by molar-refractivity contribution is 6.54. The van der Waals surface area contributed by atoms with Crippen LogP contribution in [0.5, 0.6) is 0 Å². The van der Waals surface area contributed by atoms with E-state index in [4.69, 9.17) is 23.2 Å². The molecule has 0 saturated heterocycles. The lowest BCUT2D eigenvalue weighted by molar-refractivity contribution is -0.112. The summed E-state index contributed by atoms with van der Waals surface area (Å²) in [6, 6.07) is 12.7. The van der Waals surface area contributed by atoms with Crippen LogP contribution in [0.25, 0.3) is 0 Å². The van der Waals surface area contributed by atoms with Gasteiger partial charge >= 0.3 is 0 Å². The molecule has 0 atom stereocenters. The second-order valence-corrected chi connectivity index (χ2v) is 6.76. The number of amides is 1. The first-order valence-electron chi connectivity index (χ1n) is 9.20. The zero-order valence-electron chi connectivity index (χ0n) is 16.5. The lowest BCUT2D eigenvalue weighted by Gasteiger charge is -2.12. The van der Waals surface area contributed by atoms with Gasteiger partial charge < -0.3 is 4.90 Å². The first kappa shape index (κ1) is 22.6. The lowest BCUT2D eigenvalue weighted by atomic mass is 10.1. The Labute approximate surface area is 181 Å². The zero-order valence-corrected chi connectivity index (χ0v) is 18.0. The van der Waals surface area contributed by atoms with Crippen LogP contribution < -0.4 is 4.90 Å². The standard InChI is InChI=1S/C16H12Cl2N2O.C7H11N/c1-2-20-14-6-4-3-5-11(14)15(16(20)21)19-10-7-8-12(17)13(18)9-10;1-3-5-7-8-6-4-2/h3-9H,2H2,1H3;3-6H,2,7H2,1H3/b;5-3-,8-6?. The van der Waals surface area contributed by atoms with Crippen molar-refractivity contribution in [2.24, 2.45) is 9.98 Å². The number of rotatable bonds is 5. The molecule has 1 amide bonds. The number of hydrogen-bond donors (Lipinski definition) is 0. The quantitative estimate of drug-likeness (QED) is 0.407. The number of para-hydroxylation sites is 1. The summed E-state index contributed by atoms with van der Waals surface area (Å²) < 4.78 is 0. The van der Waals surface area contributed by atoms with Crippen molar-refractivity contribution < 1.29 is 4.79 Å². The predicted octanol–water partition coefficient (Wildman–Crippen LogP) is 6.30. The molecule has 0 saturated carbocycles. The van der Waals surface area contributed by atoms with Crippen molar-refractivity contribution in [1.29, 1.82) is 0 Å². The van der Waals surface area contributed by atoms with Gasteiger partial charge in [-0.05, 0) is 38.1 Å². The number of benzene rings is 2. The number of fused-ring (bicyclic) bond motifs is 1. The van der Waals surface area contributed by atoms with E-state index in [-0.39, 0.29) is 5.91 Å². The van der Waals surface area contributed by atoms with E-state index in [9.17, 15) is 4.79 Å². The maximum Gasteiger partial charge on any atom is 0.277 e. The smallest absolute Gasteiger partial charge is 0.277 e. The molecule has 150 valence electrons. The van der Waals surface area contributed by atoms with Crippen LogP contribution in [0.3, 0.4) is 0 Å². The van der Waals surface area contributed by atoms with Gasteiger partial charge in [-0.15, -0.1) is 0 Å². The molecule has 0 N–H and O–H groups in total. The summed E-state index contributed by atoms with van der Waals surface area (Å²) in [5.41, 5.74) is 2.78. The van der Waals surface area contributed by atoms with E-state index in [2.05, 4.69) is 16.6 Å². The first-order valence-corrected chi connectivity index (χ1v) is 9.96. The van der Waals surface area contributed by atoms with Crippen LogP contribution in [0.1, 0.15) is 19.4 Å². The van der Waals surface area contributed by atoms with E-state index >= 15 is 0 Å². The summed E-state index contributed by atoms with van der Waals surface area (Å²) in [6.07, 6.45) is 7.32. The lowest BCUT2D eigenvalue weighted by Crippen LogP contribution is -2.29. The van der Waals surface area contributed by atoms with Crippen molar-refractivity contribution in [3.8, 4) is 0 Å². The molecule has 0 unspecified atom stereocenters. The van der Waals surface area contributed by atoms with Crippen LogP contribution in [0.2, 0.25) is 10.0 Å². The molecule has 2 aromatic rings. The molecule has 6 heteroatoms. The largest absolute Gasteiger partial charge is 0.307 e. The number of aliphatic imine (C=N–C) groups is 2. The van der Waals surface area contributed by atoms with Crippen LogP contribution in [0.15, 0.2) is 77.3 Å². The Morgan fingerprint density at radius 1 is 1.14 bits per heavy atom. The fraction of sp³-hybridized carbons (Fsp3) is 0.174. The van der Waals surface area contributed by atoms with Crippen LogP contribution >= 0.6 is 23.2 Å². The SMILES string of the molecule is C=CC=NC/C=C\C.CCN1C(=O)C(=Nc2ccc(Cl)c(Cl)c2)c2ccccc21. The third kappa shape index (κ3) is 5.89. The van der Waals surface area contributed by atoms with Gasteiger partial charge in [0.25, 0.3) is 5.91 Å². The molecular formula is C23H23Cl2N3O. The number of carbonyl (C=O) groups is 1. The van der Waals surface area contributed by atoms with Crippen LogP contribution in [-0.2, 0) is 4.79 Å². The molecule has 1 aliphatic rings. The van der Waals surface area contributed by atoms with Gasteiger partial charge in [-0.25, -0.2) is 4.99 Å². The third-order valence-electron chi connectivity index (χ3n) is 4.02. The minimum Gasteiger partial charge on any atom is -0.307 e. The Hall–Kier alpha value is -2.69. The van der Waals surface area contributed by atoms with Crippen molar-refractivity contribution in [3.63, 3.8) is 0 Å². The van der Waals surface area contributed by atoms with Gasteiger partial charge in [0.15, 0.2) is 0 Å². The summed E-state index contributed by atoms with van der Waals surface area (Å²) >= 11 is 11.9. The van der Waals surface area contributed by atoms with Gasteiger partial charge in [-0.2, -0.15) is 0 Å². The number of carbonyl (C=O) groups excluding carboxylic acids is 1. The van der Waals surface area contributed by atoms with E-state index in [0.717, 1.165) is 17.8 Å². The first-order chi connectivity index (χ1) is 14.0. The summed E-state index contributed by atoms with van der Waals surface area (Å²) in [5, 5.41) is 0.888. The zero-order chi connectivity index (χ0) is 21.2. The summed E-state index contributed by atoms with van der Waals surface area (Å²) in [7, 11) is 0. The molecule has 0 radical (unpaired) electrons. The average molecular weight is 428 g/mol. The molecule has 0 aromatic heterocycles. The molecular weight excluding hydrogens is 405 g/mol. The number of nitrogens with zero attached hydrogens (tertiary/aromatic N) is 3. The van der Waals surface area contributed by atoms with E-state index < -0.39 is 0 Å². The maximum absolute atomic E-state index is 12.5. The highest BCUT2D eigenvalue weighted by Crippen LogP contribution is 2.32. The molecule has 1 heterocycles. The number of hydrogen-bond acceptors (Lipinski definition) is 3. The number of halogens is 2. The second-order valence-electron chi connectivity index (χ2n) is 5.94. The van der Waals surface area contributed by atoms with Crippen molar-refractivity contribution in [2.75, 3.05) is 18.0 Å². The number of anilines is 1. The Morgan fingerprint density at radius 2 is 1.90 bits per heavy atom. The Bertz CT molecular complexity index is 964. The molecule has 0 spiro atoms. The predicted molar refractivity (Wildman–Crippen MR) is 125 cm³/mol. The topological polar surface area (TPSA) is 45.0 Å². The minimum absolute atomic E-state index is 0.0928. The van der Waals surface area contributed by atoms with Gasteiger partial charge in [-0.3, -0.25) is 9.79 Å². The van der Waals surface area contributed by atoms with Gasteiger partial charge in [-0.1, -0.05) is 66.2 Å². The molecule has 0 bridgehead atoms. The van der Waals surface area contributed by atoms with E-state index in [0.29, 0.717) is 28.0 Å². The molecule has 2 aromatic carbocycles. The van der Waals surface area contributed by atoms with Gasteiger partial charge in [0.05, 0.1) is 28.0 Å². The highest BCUT2D eigenvalue weighted by Gasteiger charge is 2.32. The molecule has 1 aliphatic heterocycles. The number of likely N-dealkylation sites (N-methyl/N-ethyl adjacent to an activating group) is 1. The third-order valence-corrected chi connectivity index (χ3v) is 4.75. The normalized spacial score (nSPS) is 14.4. The van der Waals surface area contributed by atoms with Crippen molar-refractivity contribution in [1.82, 2.24) is 0 Å².